The van der Waals surface area contributed by atoms with E-state index in [1.165, 1.54) is 0 Å². The second kappa shape index (κ2) is 8.43. The molecule has 5 atom stereocenters. The number of anilines is 1. The molecule has 3 amide bonds. The molecular formula is C25H29N3O5. The van der Waals surface area contributed by atoms with Crippen molar-refractivity contribution in [3.8, 4) is 0 Å². The Balaban J connectivity index is 1.47. The number of carbonyl (C=O) groups is 3. The lowest BCUT2D eigenvalue weighted by atomic mass is 9.70. The molecule has 3 heterocycles. The molecule has 33 heavy (non-hydrogen) atoms. The molecule has 2 bridgehead atoms. The Kier molecular flexibility index (Phi) is 5.58. The zero-order valence-electron chi connectivity index (χ0n) is 18.6. The fourth-order valence-electron chi connectivity index (χ4n) is 6.03. The van der Waals surface area contributed by atoms with Gasteiger partial charge >= 0.3 is 0 Å². The van der Waals surface area contributed by atoms with E-state index in [0.29, 0.717) is 37.9 Å². The molecular weight excluding hydrogens is 422 g/mol. The van der Waals surface area contributed by atoms with E-state index in [1.807, 2.05) is 42.5 Å². The van der Waals surface area contributed by atoms with Crippen LogP contribution in [-0.4, -0.2) is 65.7 Å². The number of nitrogens with one attached hydrogen (secondary N) is 2. The first-order valence-electron chi connectivity index (χ1n) is 11.6. The van der Waals surface area contributed by atoms with Gasteiger partial charge < -0.3 is 25.4 Å². The number of benzene rings is 2. The number of fused-ring (bicyclic) bond motifs is 2. The van der Waals surface area contributed by atoms with Crippen molar-refractivity contribution in [2.75, 3.05) is 25.5 Å². The lowest BCUT2D eigenvalue weighted by Gasteiger charge is -2.33. The first-order chi connectivity index (χ1) is 16.0. The van der Waals surface area contributed by atoms with E-state index >= 15 is 0 Å². The van der Waals surface area contributed by atoms with Crippen molar-refractivity contribution in [1.82, 2.24) is 10.2 Å². The van der Waals surface area contributed by atoms with Crippen LogP contribution in [0.1, 0.15) is 25.7 Å². The summed E-state index contributed by atoms with van der Waals surface area (Å²) in [4.78, 5) is 41.5. The van der Waals surface area contributed by atoms with Crippen LogP contribution in [0.3, 0.4) is 0 Å². The molecule has 8 nitrogen and oxygen atoms in total. The van der Waals surface area contributed by atoms with E-state index in [4.69, 9.17) is 4.74 Å². The van der Waals surface area contributed by atoms with Gasteiger partial charge in [-0.1, -0.05) is 30.3 Å². The first kappa shape index (κ1) is 21.9. The summed E-state index contributed by atoms with van der Waals surface area (Å²) in [5.74, 6) is -1.98. The molecule has 3 saturated heterocycles. The third-order valence-corrected chi connectivity index (χ3v) is 7.42. The lowest BCUT2D eigenvalue weighted by Crippen LogP contribution is -2.53. The van der Waals surface area contributed by atoms with Crippen molar-refractivity contribution in [2.24, 2.45) is 11.8 Å². The lowest BCUT2D eigenvalue weighted by molar-refractivity contribution is -0.140. The zero-order chi connectivity index (χ0) is 23.2. The number of aliphatic hydroxyl groups excluding tert-OH is 1. The smallest absolute Gasteiger partial charge is 0.250 e. The van der Waals surface area contributed by atoms with Gasteiger partial charge in [0.1, 0.15) is 11.6 Å². The van der Waals surface area contributed by atoms with E-state index < -0.39 is 23.5 Å². The van der Waals surface area contributed by atoms with Gasteiger partial charge in [0.2, 0.25) is 17.7 Å². The Labute approximate surface area is 192 Å². The van der Waals surface area contributed by atoms with Gasteiger partial charge in [-0.05, 0) is 48.6 Å². The highest BCUT2D eigenvalue weighted by molar-refractivity contribution is 6.04. The highest BCUT2D eigenvalue weighted by Gasteiger charge is 2.74. The molecule has 0 saturated carbocycles. The van der Waals surface area contributed by atoms with Crippen LogP contribution in [0.5, 0.6) is 0 Å². The summed E-state index contributed by atoms with van der Waals surface area (Å²) in [6, 6.07) is 12.8. The van der Waals surface area contributed by atoms with Crippen LogP contribution in [0.15, 0.2) is 42.5 Å². The second-order valence-corrected chi connectivity index (χ2v) is 9.18. The van der Waals surface area contributed by atoms with Crippen LogP contribution < -0.4 is 10.6 Å². The molecule has 3 aliphatic heterocycles. The Morgan fingerprint density at radius 1 is 1.15 bits per heavy atom. The topological polar surface area (TPSA) is 108 Å². The number of carbonyl (C=O) groups excluding carboxylic acids is 3. The van der Waals surface area contributed by atoms with Crippen molar-refractivity contribution < 1.29 is 24.2 Å². The predicted octanol–water partition coefficient (Wildman–Crippen LogP) is 1.67. The van der Waals surface area contributed by atoms with Gasteiger partial charge in [0.25, 0.3) is 0 Å². The molecule has 0 aliphatic carbocycles. The number of likely N-dealkylation sites (tertiary alicyclic amines) is 1. The Morgan fingerprint density at radius 3 is 2.70 bits per heavy atom. The highest BCUT2D eigenvalue weighted by Crippen LogP contribution is 2.58. The maximum Gasteiger partial charge on any atom is 0.250 e. The van der Waals surface area contributed by atoms with Crippen LogP contribution >= 0.6 is 0 Å². The molecule has 1 spiro atoms. The number of unbranched alkanes of at least 4 members (excludes halogenated alkanes) is 1. The molecule has 3 N–H and O–H groups in total. The Hall–Kier alpha value is -2.97. The van der Waals surface area contributed by atoms with E-state index in [2.05, 4.69) is 10.6 Å². The molecule has 0 aromatic heterocycles. The number of rotatable bonds is 7. The number of hydrogen-bond acceptors (Lipinski definition) is 5. The maximum absolute atomic E-state index is 13.7. The van der Waals surface area contributed by atoms with Gasteiger partial charge in [-0.3, -0.25) is 14.4 Å². The third-order valence-electron chi connectivity index (χ3n) is 7.42. The number of ether oxygens (including phenoxy) is 1. The van der Waals surface area contributed by atoms with Gasteiger partial charge in [0.05, 0.1) is 17.9 Å². The summed E-state index contributed by atoms with van der Waals surface area (Å²) in [5.41, 5.74) is -0.351. The van der Waals surface area contributed by atoms with E-state index in [1.54, 1.807) is 11.9 Å². The van der Waals surface area contributed by atoms with Gasteiger partial charge in [0, 0.05) is 25.9 Å². The van der Waals surface area contributed by atoms with Crippen LogP contribution in [0.4, 0.5) is 5.69 Å². The summed E-state index contributed by atoms with van der Waals surface area (Å²) in [6.45, 7) is 0.353. The molecule has 2 unspecified atom stereocenters. The average Bonchev–Trinajstić information content (AvgIpc) is 3.46. The van der Waals surface area contributed by atoms with Gasteiger partial charge in [-0.2, -0.15) is 0 Å². The van der Waals surface area contributed by atoms with Crippen LogP contribution in [-0.2, 0) is 19.1 Å². The first-order valence-corrected chi connectivity index (χ1v) is 11.6. The molecule has 5 rings (SSSR count). The predicted molar refractivity (Wildman–Crippen MR) is 122 cm³/mol. The van der Waals surface area contributed by atoms with Crippen LogP contribution in [0, 0.1) is 11.8 Å². The van der Waals surface area contributed by atoms with Gasteiger partial charge in [-0.25, -0.2) is 0 Å². The maximum atomic E-state index is 13.7. The van der Waals surface area contributed by atoms with Crippen LogP contribution in [0.2, 0.25) is 0 Å². The largest absolute Gasteiger partial charge is 0.396 e. The van der Waals surface area contributed by atoms with Crippen LogP contribution in [0.25, 0.3) is 10.8 Å². The van der Waals surface area contributed by atoms with Crippen molar-refractivity contribution >= 4 is 34.2 Å². The third kappa shape index (κ3) is 3.40. The van der Waals surface area contributed by atoms with Crippen molar-refractivity contribution in [1.29, 1.82) is 0 Å². The van der Waals surface area contributed by atoms with Crippen molar-refractivity contribution in [3.05, 3.63) is 42.5 Å². The number of hydrogen-bond donors (Lipinski definition) is 3. The molecule has 3 aliphatic rings. The van der Waals surface area contributed by atoms with Crippen molar-refractivity contribution in [2.45, 2.75) is 43.4 Å². The standard InChI is InChI=1S/C25H29N3O5/c1-26-22(30)19-18-10-11-25(33-18)20(19)24(32)28(12-4-5-13-29)21(25)23(31)27-17-9-8-15-6-2-3-7-16(15)14-17/h2-3,6-9,14,18-21,29H,4-5,10-13H2,1H3,(H,26,30)(H,27,31)/t18-,19+,20-,21?,25?/m0/s1. The molecule has 8 heteroatoms. The monoisotopic (exact) mass is 451 g/mol. The molecule has 2 aromatic carbocycles. The zero-order valence-corrected chi connectivity index (χ0v) is 18.6. The highest BCUT2D eigenvalue weighted by atomic mass is 16.5. The summed E-state index contributed by atoms with van der Waals surface area (Å²) in [6.07, 6.45) is 1.95. The van der Waals surface area contributed by atoms with E-state index in [0.717, 1.165) is 10.8 Å². The van der Waals surface area contributed by atoms with E-state index in [-0.39, 0.29) is 30.4 Å². The molecule has 3 fully saturated rings. The van der Waals surface area contributed by atoms with Gasteiger partial charge in [-0.15, -0.1) is 0 Å². The number of aliphatic hydroxyl groups is 1. The quantitative estimate of drug-likeness (QED) is 0.555. The number of nitrogens with zero attached hydrogens (tertiary/aromatic N) is 1. The Morgan fingerprint density at radius 2 is 1.94 bits per heavy atom. The minimum atomic E-state index is -1.00. The van der Waals surface area contributed by atoms with Gasteiger partial charge in [0.15, 0.2) is 0 Å². The number of amides is 3. The second-order valence-electron chi connectivity index (χ2n) is 9.18. The summed E-state index contributed by atoms with van der Waals surface area (Å²) in [5, 5.41) is 17.0. The summed E-state index contributed by atoms with van der Waals surface area (Å²) < 4.78 is 6.33. The fraction of sp³-hybridized carbons (Fsp3) is 0.480. The average molecular weight is 452 g/mol. The molecule has 0 radical (unpaired) electrons. The summed E-state index contributed by atoms with van der Waals surface area (Å²) >= 11 is 0. The fourth-order valence-corrected chi connectivity index (χ4v) is 6.03. The minimum absolute atomic E-state index is 0.0179. The summed E-state index contributed by atoms with van der Waals surface area (Å²) in [7, 11) is 1.56. The Bertz CT molecular complexity index is 1100. The van der Waals surface area contributed by atoms with E-state index in [9.17, 15) is 19.5 Å². The molecule has 174 valence electrons. The SMILES string of the molecule is CNC(=O)[C@@H]1[C@@H]2CCC3(O2)C(C(=O)Nc2ccc4ccccc4c2)N(CCCCO)C(=O)[C@H]13. The normalized spacial score (nSPS) is 30.0. The van der Waals surface area contributed by atoms with Crippen molar-refractivity contribution in [3.63, 3.8) is 0 Å². The molecule has 2 aromatic rings. The minimum Gasteiger partial charge on any atom is -0.396 e.